The molecule has 0 N–H and O–H groups in total. The molecule has 0 spiro atoms. The van der Waals surface area contributed by atoms with Crippen molar-refractivity contribution >= 4 is 40.1 Å². The summed E-state index contributed by atoms with van der Waals surface area (Å²) in [6.07, 6.45) is 0. The maximum absolute atomic E-state index is 11.2. The van der Waals surface area contributed by atoms with Gasteiger partial charge in [0.15, 0.2) is 0 Å². The normalized spacial score (nSPS) is 10.6. The summed E-state index contributed by atoms with van der Waals surface area (Å²) in [7, 11) is 1.28. The molecule has 2 aromatic rings. The molecule has 0 aliphatic heterocycles. The first-order chi connectivity index (χ1) is 7.11. The minimum absolute atomic E-state index is 0.108. The molecule has 1 heterocycles. The van der Waals surface area contributed by atoms with Gasteiger partial charge in [-0.1, -0.05) is 23.2 Å². The predicted octanol–water partition coefficient (Wildman–Crippen LogP) is 3.53. The van der Waals surface area contributed by atoms with E-state index in [-0.39, 0.29) is 5.76 Å². The average Bonchev–Trinajstić information content (AvgIpc) is 2.60. The van der Waals surface area contributed by atoms with Crippen molar-refractivity contribution in [2.75, 3.05) is 7.11 Å². The van der Waals surface area contributed by atoms with E-state index in [1.54, 1.807) is 12.1 Å². The summed E-state index contributed by atoms with van der Waals surface area (Å²) < 4.78 is 9.77. The molecule has 0 aliphatic carbocycles. The third-order valence-electron chi connectivity index (χ3n) is 1.94. The van der Waals surface area contributed by atoms with Gasteiger partial charge in [0.05, 0.1) is 12.1 Å². The molecule has 0 fully saturated rings. The van der Waals surface area contributed by atoms with Crippen LogP contribution < -0.4 is 0 Å². The molecule has 0 saturated heterocycles. The van der Waals surface area contributed by atoms with Gasteiger partial charge < -0.3 is 9.15 Å². The Balaban J connectivity index is 2.65. The van der Waals surface area contributed by atoms with Crippen LogP contribution in [0.1, 0.15) is 10.6 Å². The van der Waals surface area contributed by atoms with Crippen LogP contribution in [-0.2, 0) is 4.74 Å². The van der Waals surface area contributed by atoms with Gasteiger partial charge in [-0.3, -0.25) is 0 Å². The molecule has 0 unspecified atom stereocenters. The number of halogens is 2. The predicted molar refractivity (Wildman–Crippen MR) is 57.6 cm³/mol. The standard InChI is InChI=1S/C10H6Cl2O3/c1-14-10(13)9-4-6-7(12)2-5(11)3-8(6)15-9/h2-4H,1H3. The van der Waals surface area contributed by atoms with Crippen molar-refractivity contribution in [3.63, 3.8) is 0 Å². The Morgan fingerprint density at radius 1 is 1.33 bits per heavy atom. The van der Waals surface area contributed by atoms with Gasteiger partial charge in [0, 0.05) is 22.5 Å². The van der Waals surface area contributed by atoms with Crippen molar-refractivity contribution < 1.29 is 13.9 Å². The first-order valence-corrected chi connectivity index (χ1v) is 4.84. The van der Waals surface area contributed by atoms with E-state index in [0.717, 1.165) is 0 Å². The third-order valence-corrected chi connectivity index (χ3v) is 2.47. The molecule has 78 valence electrons. The molecule has 3 nitrogen and oxygen atoms in total. The van der Waals surface area contributed by atoms with Gasteiger partial charge >= 0.3 is 5.97 Å². The van der Waals surface area contributed by atoms with Crippen LogP contribution in [0.2, 0.25) is 10.0 Å². The highest BCUT2D eigenvalue weighted by atomic mass is 35.5. The molecule has 0 saturated carbocycles. The quantitative estimate of drug-likeness (QED) is 0.721. The lowest BCUT2D eigenvalue weighted by atomic mass is 10.2. The maximum Gasteiger partial charge on any atom is 0.373 e. The largest absolute Gasteiger partial charge is 0.463 e. The highest BCUT2D eigenvalue weighted by Gasteiger charge is 2.14. The van der Waals surface area contributed by atoms with Crippen LogP contribution in [0.25, 0.3) is 11.0 Å². The zero-order chi connectivity index (χ0) is 11.0. The number of methoxy groups -OCH3 is 1. The molecule has 0 radical (unpaired) electrons. The first-order valence-electron chi connectivity index (χ1n) is 4.08. The number of ether oxygens (including phenoxy) is 1. The van der Waals surface area contributed by atoms with Gasteiger partial charge in [0.1, 0.15) is 5.58 Å². The number of rotatable bonds is 1. The van der Waals surface area contributed by atoms with Crippen LogP contribution in [0.5, 0.6) is 0 Å². The number of carbonyl (C=O) groups excluding carboxylic acids is 1. The van der Waals surface area contributed by atoms with E-state index in [0.29, 0.717) is 21.0 Å². The van der Waals surface area contributed by atoms with Crippen LogP contribution in [-0.4, -0.2) is 13.1 Å². The van der Waals surface area contributed by atoms with E-state index >= 15 is 0 Å². The average molecular weight is 245 g/mol. The van der Waals surface area contributed by atoms with Crippen molar-refractivity contribution in [2.24, 2.45) is 0 Å². The molecule has 0 atom stereocenters. The van der Waals surface area contributed by atoms with Gasteiger partial charge in [-0.05, 0) is 6.07 Å². The number of hydrogen-bond donors (Lipinski definition) is 0. The minimum atomic E-state index is -0.543. The van der Waals surface area contributed by atoms with Crippen molar-refractivity contribution in [1.29, 1.82) is 0 Å². The monoisotopic (exact) mass is 244 g/mol. The van der Waals surface area contributed by atoms with Gasteiger partial charge in [0.2, 0.25) is 5.76 Å². The number of furan rings is 1. The molecular formula is C10H6Cl2O3. The summed E-state index contributed by atoms with van der Waals surface area (Å²) in [6, 6.07) is 4.71. The zero-order valence-electron chi connectivity index (χ0n) is 7.71. The highest BCUT2D eigenvalue weighted by molar-refractivity contribution is 6.38. The van der Waals surface area contributed by atoms with Gasteiger partial charge in [-0.25, -0.2) is 4.79 Å². The van der Waals surface area contributed by atoms with Crippen molar-refractivity contribution in [1.82, 2.24) is 0 Å². The fraction of sp³-hybridized carbons (Fsp3) is 0.100. The molecule has 0 bridgehead atoms. The van der Waals surface area contributed by atoms with E-state index < -0.39 is 5.97 Å². The molecule has 0 aliphatic rings. The van der Waals surface area contributed by atoms with Crippen LogP contribution in [0.3, 0.4) is 0 Å². The molecule has 1 aromatic carbocycles. The van der Waals surface area contributed by atoms with E-state index in [1.165, 1.54) is 13.2 Å². The molecule has 15 heavy (non-hydrogen) atoms. The summed E-state index contributed by atoms with van der Waals surface area (Å²) >= 11 is 11.7. The number of fused-ring (bicyclic) bond motifs is 1. The van der Waals surface area contributed by atoms with Crippen molar-refractivity contribution in [3.8, 4) is 0 Å². The molecule has 1 aromatic heterocycles. The van der Waals surface area contributed by atoms with Crippen LogP contribution in [0.15, 0.2) is 22.6 Å². The number of carbonyl (C=O) groups is 1. The van der Waals surface area contributed by atoms with Gasteiger partial charge in [-0.15, -0.1) is 0 Å². The van der Waals surface area contributed by atoms with E-state index in [9.17, 15) is 4.79 Å². The summed E-state index contributed by atoms with van der Waals surface area (Å²) in [4.78, 5) is 11.2. The smallest absolute Gasteiger partial charge is 0.373 e. The molecule has 5 heteroatoms. The van der Waals surface area contributed by atoms with Crippen LogP contribution in [0.4, 0.5) is 0 Å². The lowest BCUT2D eigenvalue weighted by Gasteiger charge is -1.92. The Bertz CT molecular complexity index is 531. The Labute approximate surface area is 95.5 Å². The second kappa shape index (κ2) is 3.76. The third kappa shape index (κ3) is 1.80. The summed E-state index contributed by atoms with van der Waals surface area (Å²) in [5.41, 5.74) is 0.466. The fourth-order valence-corrected chi connectivity index (χ4v) is 1.80. The lowest BCUT2D eigenvalue weighted by Crippen LogP contribution is -1.97. The summed E-state index contributed by atoms with van der Waals surface area (Å²) in [6.45, 7) is 0. The number of benzene rings is 1. The SMILES string of the molecule is COC(=O)c1cc2c(Cl)cc(Cl)cc2o1. The second-order valence-corrected chi connectivity index (χ2v) is 3.75. The Hall–Kier alpha value is -1.19. The van der Waals surface area contributed by atoms with Crippen LogP contribution >= 0.6 is 23.2 Å². The fourth-order valence-electron chi connectivity index (χ4n) is 1.27. The first kappa shape index (κ1) is 10.3. The zero-order valence-corrected chi connectivity index (χ0v) is 9.22. The van der Waals surface area contributed by atoms with Gasteiger partial charge in [0.25, 0.3) is 0 Å². The lowest BCUT2D eigenvalue weighted by molar-refractivity contribution is 0.0567. The topological polar surface area (TPSA) is 39.4 Å². The summed E-state index contributed by atoms with van der Waals surface area (Å²) in [5.74, 6) is -0.435. The number of hydrogen-bond acceptors (Lipinski definition) is 3. The second-order valence-electron chi connectivity index (χ2n) is 2.90. The van der Waals surface area contributed by atoms with E-state index in [2.05, 4.69) is 4.74 Å². The van der Waals surface area contributed by atoms with E-state index in [4.69, 9.17) is 27.6 Å². The Morgan fingerprint density at radius 3 is 2.73 bits per heavy atom. The van der Waals surface area contributed by atoms with E-state index in [1.807, 2.05) is 0 Å². The molecule has 0 amide bonds. The maximum atomic E-state index is 11.2. The van der Waals surface area contributed by atoms with Gasteiger partial charge in [-0.2, -0.15) is 0 Å². The Morgan fingerprint density at radius 2 is 2.07 bits per heavy atom. The summed E-state index contributed by atoms with van der Waals surface area (Å²) in [5, 5.41) is 1.54. The highest BCUT2D eigenvalue weighted by Crippen LogP contribution is 2.30. The molecule has 2 rings (SSSR count). The number of esters is 1. The van der Waals surface area contributed by atoms with Crippen molar-refractivity contribution in [2.45, 2.75) is 0 Å². The Kier molecular flexibility index (Phi) is 2.59. The van der Waals surface area contributed by atoms with Crippen LogP contribution in [0, 0.1) is 0 Å². The molecular weight excluding hydrogens is 239 g/mol. The minimum Gasteiger partial charge on any atom is -0.463 e. The van der Waals surface area contributed by atoms with Crippen molar-refractivity contribution in [3.05, 3.63) is 34.0 Å².